The van der Waals surface area contributed by atoms with Crippen molar-refractivity contribution < 1.29 is 28.5 Å². The summed E-state index contributed by atoms with van der Waals surface area (Å²) >= 11 is 1.29. The zero-order valence-electron chi connectivity index (χ0n) is 17.0. The number of esters is 1. The first-order valence-electron chi connectivity index (χ1n) is 9.70. The zero-order chi connectivity index (χ0) is 21.8. The van der Waals surface area contributed by atoms with Gasteiger partial charge in [-0.1, -0.05) is 12.1 Å². The number of amides is 1. The number of anilines is 1. The molecule has 7 nitrogen and oxygen atoms in total. The fraction of sp³-hybridized carbons (Fsp3) is 0.217. The maximum Gasteiger partial charge on any atom is 0.349 e. The second-order valence-corrected chi connectivity index (χ2v) is 7.84. The highest BCUT2D eigenvalue weighted by atomic mass is 32.1. The molecule has 2 heterocycles. The molecule has 0 bridgehead atoms. The summed E-state index contributed by atoms with van der Waals surface area (Å²) in [5.74, 6) is 0.915. The van der Waals surface area contributed by atoms with Crippen LogP contribution in [0.2, 0.25) is 0 Å². The molecule has 0 aliphatic carbocycles. The van der Waals surface area contributed by atoms with Crippen molar-refractivity contribution in [1.82, 2.24) is 0 Å². The van der Waals surface area contributed by atoms with Gasteiger partial charge in [0.05, 0.1) is 12.8 Å². The molecule has 0 spiro atoms. The molecule has 1 N–H and O–H groups in total. The molecule has 8 heteroatoms. The van der Waals surface area contributed by atoms with E-state index in [1.807, 2.05) is 24.3 Å². The summed E-state index contributed by atoms with van der Waals surface area (Å²) in [7, 11) is 1.52. The van der Waals surface area contributed by atoms with E-state index in [4.69, 9.17) is 18.9 Å². The number of rotatable bonds is 6. The second kappa shape index (κ2) is 9.09. The molecule has 0 radical (unpaired) electrons. The first-order valence-corrected chi connectivity index (χ1v) is 10.5. The van der Waals surface area contributed by atoms with Gasteiger partial charge in [-0.25, -0.2) is 4.79 Å². The third-order valence-electron chi connectivity index (χ3n) is 4.65. The minimum Gasteiger partial charge on any atom is -0.495 e. The molecular weight excluding hydrogens is 418 g/mol. The smallest absolute Gasteiger partial charge is 0.349 e. The van der Waals surface area contributed by atoms with Crippen LogP contribution in [-0.2, 0) is 9.53 Å². The third-order valence-corrected chi connectivity index (χ3v) is 5.77. The number of nitrogens with one attached hydrogen (secondary N) is 1. The Bertz CT molecular complexity index is 1110. The van der Waals surface area contributed by atoms with E-state index in [0.29, 0.717) is 41.0 Å². The Labute approximate surface area is 183 Å². The molecule has 1 aliphatic rings. The molecule has 1 atom stereocenters. The van der Waals surface area contributed by atoms with Crippen LogP contribution >= 0.6 is 11.3 Å². The van der Waals surface area contributed by atoms with Crippen LogP contribution in [0.15, 0.2) is 54.6 Å². The predicted molar refractivity (Wildman–Crippen MR) is 117 cm³/mol. The maximum absolute atomic E-state index is 12.6. The molecule has 1 aliphatic heterocycles. The quantitative estimate of drug-likeness (QED) is 0.574. The van der Waals surface area contributed by atoms with Crippen molar-refractivity contribution in [3.63, 3.8) is 0 Å². The third kappa shape index (κ3) is 4.64. The van der Waals surface area contributed by atoms with Gasteiger partial charge in [-0.2, -0.15) is 0 Å². The van der Waals surface area contributed by atoms with Gasteiger partial charge in [0, 0.05) is 4.88 Å². The Kier molecular flexibility index (Phi) is 6.08. The van der Waals surface area contributed by atoms with Gasteiger partial charge < -0.3 is 24.3 Å². The fourth-order valence-corrected chi connectivity index (χ4v) is 3.94. The summed E-state index contributed by atoms with van der Waals surface area (Å²) in [6.07, 6.45) is -0.975. The molecular formula is C23H21NO6S. The monoisotopic (exact) mass is 439 g/mol. The van der Waals surface area contributed by atoms with E-state index in [9.17, 15) is 9.59 Å². The Morgan fingerprint density at radius 1 is 1.03 bits per heavy atom. The van der Waals surface area contributed by atoms with Gasteiger partial charge in [0.2, 0.25) is 0 Å². The summed E-state index contributed by atoms with van der Waals surface area (Å²) < 4.78 is 21.7. The lowest BCUT2D eigenvalue weighted by molar-refractivity contribution is -0.123. The van der Waals surface area contributed by atoms with E-state index in [-0.39, 0.29) is 0 Å². The Morgan fingerprint density at radius 2 is 1.81 bits per heavy atom. The second-order valence-electron chi connectivity index (χ2n) is 6.76. The van der Waals surface area contributed by atoms with Crippen LogP contribution < -0.4 is 19.5 Å². The Balaban J connectivity index is 1.41. The number of fused-ring (bicyclic) bond motifs is 1. The fourth-order valence-electron chi connectivity index (χ4n) is 3.05. The van der Waals surface area contributed by atoms with Crippen LogP contribution in [0.5, 0.6) is 17.2 Å². The lowest BCUT2D eigenvalue weighted by Gasteiger charge is -2.18. The van der Waals surface area contributed by atoms with Gasteiger partial charge in [-0.05, 0) is 55.0 Å². The van der Waals surface area contributed by atoms with Crippen molar-refractivity contribution in [1.29, 1.82) is 0 Å². The predicted octanol–water partition coefficient (Wildman–Crippen LogP) is 4.38. The largest absolute Gasteiger partial charge is 0.495 e. The SMILES string of the molecule is COc1ccccc1NC(=O)C(C)OC(=O)c1ccc(-c2ccc3c(c2)OCCO3)s1. The van der Waals surface area contributed by atoms with Gasteiger partial charge in [0.15, 0.2) is 17.6 Å². The van der Waals surface area contributed by atoms with Crippen LogP contribution in [0, 0.1) is 0 Å². The number of carbonyl (C=O) groups excluding carboxylic acids is 2. The van der Waals surface area contributed by atoms with Crippen LogP contribution in [0.1, 0.15) is 16.6 Å². The van der Waals surface area contributed by atoms with Crippen molar-refractivity contribution in [2.75, 3.05) is 25.6 Å². The number of hydrogen-bond donors (Lipinski definition) is 1. The van der Waals surface area contributed by atoms with Crippen LogP contribution in [0.3, 0.4) is 0 Å². The summed E-state index contributed by atoms with van der Waals surface area (Å²) in [5, 5.41) is 2.71. The molecule has 3 aromatic rings. The zero-order valence-corrected chi connectivity index (χ0v) is 17.9. The van der Waals surface area contributed by atoms with E-state index in [1.165, 1.54) is 25.4 Å². The summed E-state index contributed by atoms with van der Waals surface area (Å²) in [4.78, 5) is 26.3. The molecule has 0 saturated carbocycles. The highest BCUT2D eigenvalue weighted by Crippen LogP contribution is 2.37. The van der Waals surface area contributed by atoms with Crippen LogP contribution in [0.4, 0.5) is 5.69 Å². The molecule has 31 heavy (non-hydrogen) atoms. The minimum atomic E-state index is -0.975. The molecule has 0 fully saturated rings. The first-order chi connectivity index (χ1) is 15.0. The van der Waals surface area contributed by atoms with E-state index < -0.39 is 18.0 Å². The summed E-state index contributed by atoms with van der Waals surface area (Å²) in [6, 6.07) is 16.2. The number of thiophene rings is 1. The normalized spacial score (nSPS) is 13.2. The van der Waals surface area contributed by atoms with Crippen LogP contribution in [0.25, 0.3) is 10.4 Å². The number of methoxy groups -OCH3 is 1. The van der Waals surface area contributed by atoms with E-state index in [2.05, 4.69) is 5.32 Å². The molecule has 1 unspecified atom stereocenters. The summed E-state index contributed by atoms with van der Waals surface area (Å²) in [5.41, 5.74) is 1.42. The molecule has 1 amide bonds. The number of carbonyl (C=O) groups is 2. The number of ether oxygens (including phenoxy) is 4. The average molecular weight is 439 g/mol. The minimum absolute atomic E-state index is 0.404. The molecule has 4 rings (SSSR count). The first kappa shape index (κ1) is 20.7. The van der Waals surface area contributed by atoms with E-state index in [1.54, 1.807) is 30.3 Å². The Morgan fingerprint density at radius 3 is 2.61 bits per heavy atom. The van der Waals surface area contributed by atoms with Gasteiger partial charge in [0.25, 0.3) is 5.91 Å². The summed E-state index contributed by atoms with van der Waals surface area (Å²) in [6.45, 7) is 2.56. The molecule has 160 valence electrons. The van der Waals surface area contributed by atoms with Gasteiger partial charge in [-0.3, -0.25) is 4.79 Å². The Hall–Kier alpha value is -3.52. The topological polar surface area (TPSA) is 83.1 Å². The van der Waals surface area contributed by atoms with Crippen molar-refractivity contribution >= 4 is 28.9 Å². The lowest BCUT2D eigenvalue weighted by atomic mass is 10.1. The van der Waals surface area contributed by atoms with Gasteiger partial charge >= 0.3 is 5.97 Å². The highest BCUT2D eigenvalue weighted by Gasteiger charge is 2.22. The molecule has 1 aromatic heterocycles. The van der Waals surface area contributed by atoms with Crippen molar-refractivity contribution in [3.05, 3.63) is 59.5 Å². The van der Waals surface area contributed by atoms with E-state index >= 15 is 0 Å². The van der Waals surface area contributed by atoms with Gasteiger partial charge in [-0.15, -0.1) is 11.3 Å². The maximum atomic E-state index is 12.6. The van der Waals surface area contributed by atoms with Gasteiger partial charge in [0.1, 0.15) is 23.8 Å². The number of para-hydroxylation sites is 2. The molecule has 2 aromatic carbocycles. The number of hydrogen-bond acceptors (Lipinski definition) is 7. The standard InChI is InChI=1S/C23H21NO6S/c1-14(22(25)24-16-5-3-4-6-17(16)27-2)30-23(26)21-10-9-20(31-21)15-7-8-18-19(13-15)29-12-11-28-18/h3-10,13-14H,11-12H2,1-2H3,(H,24,25). The van der Waals surface area contributed by atoms with E-state index in [0.717, 1.165) is 10.4 Å². The van der Waals surface area contributed by atoms with Crippen molar-refractivity contribution in [3.8, 4) is 27.7 Å². The highest BCUT2D eigenvalue weighted by molar-refractivity contribution is 7.17. The lowest BCUT2D eigenvalue weighted by Crippen LogP contribution is -2.29. The molecule has 0 saturated heterocycles. The van der Waals surface area contributed by atoms with Crippen molar-refractivity contribution in [2.24, 2.45) is 0 Å². The number of benzene rings is 2. The van der Waals surface area contributed by atoms with Crippen LogP contribution in [-0.4, -0.2) is 38.3 Å². The van der Waals surface area contributed by atoms with Crippen molar-refractivity contribution in [2.45, 2.75) is 13.0 Å². The average Bonchev–Trinajstić information content (AvgIpc) is 3.29.